The number of benzene rings is 1. The number of ether oxygens (including phenoxy) is 2. The summed E-state index contributed by atoms with van der Waals surface area (Å²) in [6.07, 6.45) is -3.35. The molecule has 2 aromatic rings. The topological polar surface area (TPSA) is 89.6 Å². The average molecular weight is 460 g/mol. The molecule has 1 aromatic carbocycles. The van der Waals surface area contributed by atoms with E-state index in [4.69, 9.17) is 16.3 Å². The highest BCUT2D eigenvalue weighted by atomic mass is 35.5. The molecule has 1 heterocycles. The van der Waals surface area contributed by atoms with Gasteiger partial charge in [0.25, 0.3) is 5.91 Å². The van der Waals surface area contributed by atoms with E-state index in [-0.39, 0.29) is 48.2 Å². The molecule has 31 heavy (non-hydrogen) atoms. The van der Waals surface area contributed by atoms with Gasteiger partial charge in [-0.15, -0.1) is 13.2 Å². The third-order valence-corrected chi connectivity index (χ3v) is 4.12. The fourth-order valence-corrected chi connectivity index (χ4v) is 2.55. The van der Waals surface area contributed by atoms with Gasteiger partial charge in [-0.25, -0.2) is 0 Å². The Morgan fingerprint density at radius 3 is 2.55 bits per heavy atom. The van der Waals surface area contributed by atoms with Crippen LogP contribution in [0.5, 0.6) is 11.5 Å². The van der Waals surface area contributed by atoms with E-state index in [1.165, 1.54) is 18.3 Å². The standard InChI is InChI=1S/C20H21ClF3N3O4/c1-12(2)18(28)27-11-14-9-13(5-6-25-14)19(29)26-7-8-30-17-4-3-15(10-16(17)21)31-20(22,23)24/h3-6,9-10,12H,7-8,11H2,1-2H3,(H,26,29)(H,27,28). The lowest BCUT2D eigenvalue weighted by molar-refractivity contribution is -0.274. The van der Waals surface area contributed by atoms with E-state index in [1.54, 1.807) is 19.9 Å². The molecule has 2 rings (SSSR count). The maximum atomic E-state index is 12.3. The number of rotatable bonds is 9. The van der Waals surface area contributed by atoms with Gasteiger partial charge < -0.3 is 20.1 Å². The van der Waals surface area contributed by atoms with Gasteiger partial charge in [0.15, 0.2) is 0 Å². The molecule has 0 radical (unpaired) electrons. The number of hydrogen-bond acceptors (Lipinski definition) is 5. The van der Waals surface area contributed by atoms with E-state index in [9.17, 15) is 22.8 Å². The highest BCUT2D eigenvalue weighted by Gasteiger charge is 2.31. The van der Waals surface area contributed by atoms with Crippen LogP contribution in [0.2, 0.25) is 5.02 Å². The fourth-order valence-electron chi connectivity index (χ4n) is 2.32. The van der Waals surface area contributed by atoms with Gasteiger partial charge >= 0.3 is 6.36 Å². The number of nitrogens with one attached hydrogen (secondary N) is 2. The van der Waals surface area contributed by atoms with Gasteiger partial charge in [0.1, 0.15) is 18.1 Å². The molecule has 2 N–H and O–H groups in total. The number of halogens is 4. The Kier molecular flexibility index (Phi) is 8.49. The van der Waals surface area contributed by atoms with Gasteiger partial charge in [-0.1, -0.05) is 25.4 Å². The normalized spacial score (nSPS) is 11.2. The number of hydrogen-bond donors (Lipinski definition) is 2. The van der Waals surface area contributed by atoms with Crippen molar-refractivity contribution < 1.29 is 32.2 Å². The summed E-state index contributed by atoms with van der Waals surface area (Å²) >= 11 is 5.89. The van der Waals surface area contributed by atoms with Crippen molar-refractivity contribution >= 4 is 23.4 Å². The van der Waals surface area contributed by atoms with Crippen LogP contribution >= 0.6 is 11.6 Å². The van der Waals surface area contributed by atoms with Crippen LogP contribution in [0.1, 0.15) is 29.9 Å². The maximum Gasteiger partial charge on any atom is 0.573 e. The van der Waals surface area contributed by atoms with Crippen LogP contribution in [0.3, 0.4) is 0 Å². The van der Waals surface area contributed by atoms with Crippen molar-refractivity contribution in [2.75, 3.05) is 13.2 Å². The Hall–Kier alpha value is -3.01. The molecule has 0 spiro atoms. The Bertz CT molecular complexity index is 923. The molecular weight excluding hydrogens is 439 g/mol. The van der Waals surface area contributed by atoms with E-state index < -0.39 is 12.1 Å². The van der Waals surface area contributed by atoms with Crippen LogP contribution < -0.4 is 20.1 Å². The van der Waals surface area contributed by atoms with E-state index in [1.807, 2.05) is 0 Å². The summed E-state index contributed by atoms with van der Waals surface area (Å²) in [6.45, 7) is 3.90. The zero-order chi connectivity index (χ0) is 23.0. The second kappa shape index (κ2) is 10.9. The molecule has 0 unspecified atom stereocenters. The van der Waals surface area contributed by atoms with Gasteiger partial charge in [-0.2, -0.15) is 0 Å². The molecular formula is C20H21ClF3N3O4. The van der Waals surface area contributed by atoms with Crippen molar-refractivity contribution in [3.8, 4) is 11.5 Å². The summed E-state index contributed by atoms with van der Waals surface area (Å²) in [5.41, 5.74) is 0.890. The molecule has 0 saturated carbocycles. The number of alkyl halides is 3. The van der Waals surface area contributed by atoms with Crippen molar-refractivity contribution in [3.05, 3.63) is 52.8 Å². The Morgan fingerprint density at radius 2 is 1.90 bits per heavy atom. The number of aromatic nitrogens is 1. The highest BCUT2D eigenvalue weighted by Crippen LogP contribution is 2.31. The molecule has 0 fully saturated rings. The predicted molar refractivity (Wildman–Crippen MR) is 107 cm³/mol. The Morgan fingerprint density at radius 1 is 1.16 bits per heavy atom. The molecule has 0 aliphatic rings. The first-order valence-corrected chi connectivity index (χ1v) is 9.62. The minimum Gasteiger partial charge on any atom is -0.490 e. The van der Waals surface area contributed by atoms with Crippen LogP contribution in [0.4, 0.5) is 13.2 Å². The largest absolute Gasteiger partial charge is 0.573 e. The Balaban J connectivity index is 1.82. The number of pyridine rings is 1. The summed E-state index contributed by atoms with van der Waals surface area (Å²) in [5.74, 6) is -0.963. The molecule has 7 nitrogen and oxygen atoms in total. The summed E-state index contributed by atoms with van der Waals surface area (Å²) in [7, 11) is 0. The van der Waals surface area contributed by atoms with Gasteiger partial charge in [0.05, 0.1) is 23.8 Å². The first kappa shape index (κ1) is 24.3. The van der Waals surface area contributed by atoms with Crippen molar-refractivity contribution in [1.29, 1.82) is 0 Å². The quantitative estimate of drug-likeness (QED) is 0.558. The van der Waals surface area contributed by atoms with Gasteiger partial charge in [0, 0.05) is 23.7 Å². The molecule has 11 heteroatoms. The minimum atomic E-state index is -4.82. The number of nitrogens with zero attached hydrogens (tertiary/aromatic N) is 1. The Labute approximate surface area is 181 Å². The molecule has 0 atom stereocenters. The zero-order valence-electron chi connectivity index (χ0n) is 16.8. The third-order valence-electron chi connectivity index (χ3n) is 3.83. The lowest BCUT2D eigenvalue weighted by atomic mass is 10.2. The average Bonchev–Trinajstić information content (AvgIpc) is 2.69. The van der Waals surface area contributed by atoms with Crippen molar-refractivity contribution in [1.82, 2.24) is 15.6 Å². The third kappa shape index (κ3) is 8.33. The highest BCUT2D eigenvalue weighted by molar-refractivity contribution is 6.32. The van der Waals surface area contributed by atoms with Crippen LogP contribution in [0, 0.1) is 5.92 Å². The molecule has 168 valence electrons. The van der Waals surface area contributed by atoms with Crippen LogP contribution in [0.15, 0.2) is 36.5 Å². The first-order valence-electron chi connectivity index (χ1n) is 9.24. The molecule has 0 saturated heterocycles. The number of carbonyl (C=O) groups is 2. The number of carbonyl (C=O) groups excluding carboxylic acids is 2. The van der Waals surface area contributed by atoms with Crippen LogP contribution in [-0.4, -0.2) is 36.3 Å². The van der Waals surface area contributed by atoms with Crippen LogP contribution in [-0.2, 0) is 11.3 Å². The van der Waals surface area contributed by atoms with Crippen molar-refractivity contribution in [3.63, 3.8) is 0 Å². The minimum absolute atomic E-state index is 0.0350. The zero-order valence-corrected chi connectivity index (χ0v) is 17.5. The van der Waals surface area contributed by atoms with E-state index >= 15 is 0 Å². The lowest BCUT2D eigenvalue weighted by Crippen LogP contribution is -2.29. The second-order valence-corrected chi connectivity index (χ2v) is 7.06. The number of amides is 2. The summed E-state index contributed by atoms with van der Waals surface area (Å²) < 4.78 is 45.8. The van der Waals surface area contributed by atoms with Gasteiger partial charge in [0.2, 0.25) is 5.91 Å². The summed E-state index contributed by atoms with van der Waals surface area (Å²) in [6, 6.07) is 6.39. The summed E-state index contributed by atoms with van der Waals surface area (Å²) in [4.78, 5) is 28.0. The SMILES string of the molecule is CC(C)C(=O)NCc1cc(C(=O)NCCOc2ccc(OC(F)(F)F)cc2Cl)ccn1. The second-order valence-electron chi connectivity index (χ2n) is 6.65. The lowest BCUT2D eigenvalue weighted by Gasteiger charge is -2.12. The smallest absolute Gasteiger partial charge is 0.490 e. The van der Waals surface area contributed by atoms with Crippen molar-refractivity contribution in [2.24, 2.45) is 5.92 Å². The molecule has 0 aliphatic heterocycles. The van der Waals surface area contributed by atoms with Crippen LogP contribution in [0.25, 0.3) is 0 Å². The predicted octanol–water partition coefficient (Wildman–Crippen LogP) is 3.71. The molecule has 0 bridgehead atoms. The summed E-state index contributed by atoms with van der Waals surface area (Å²) in [5, 5.41) is 5.31. The van der Waals surface area contributed by atoms with Crippen molar-refractivity contribution in [2.45, 2.75) is 26.8 Å². The van der Waals surface area contributed by atoms with Gasteiger partial charge in [-0.3, -0.25) is 14.6 Å². The van der Waals surface area contributed by atoms with E-state index in [0.29, 0.717) is 11.3 Å². The van der Waals surface area contributed by atoms with E-state index in [0.717, 1.165) is 12.1 Å². The first-order chi connectivity index (χ1) is 14.5. The monoisotopic (exact) mass is 459 g/mol. The maximum absolute atomic E-state index is 12.3. The van der Waals surface area contributed by atoms with Gasteiger partial charge in [-0.05, 0) is 24.3 Å². The molecule has 1 aromatic heterocycles. The van der Waals surface area contributed by atoms with E-state index in [2.05, 4.69) is 20.4 Å². The molecule has 0 aliphatic carbocycles. The fraction of sp³-hybridized carbons (Fsp3) is 0.350. The molecule has 2 amide bonds.